The van der Waals surface area contributed by atoms with E-state index in [9.17, 15) is 9.90 Å². The van der Waals surface area contributed by atoms with Crippen LogP contribution in [0.5, 0.6) is 5.75 Å². The van der Waals surface area contributed by atoms with E-state index in [1.165, 1.54) is 4.90 Å². The summed E-state index contributed by atoms with van der Waals surface area (Å²) in [6.45, 7) is 1.04. The van der Waals surface area contributed by atoms with E-state index in [0.717, 1.165) is 17.5 Å². The zero-order valence-electron chi connectivity index (χ0n) is 8.31. The molecule has 0 bridgehead atoms. The molecule has 1 aliphatic heterocycles. The van der Waals surface area contributed by atoms with Gasteiger partial charge in [-0.3, -0.25) is 0 Å². The molecule has 0 saturated heterocycles. The van der Waals surface area contributed by atoms with E-state index < -0.39 is 6.09 Å². The Hall–Kier alpha value is -1.71. The first-order valence-electron chi connectivity index (χ1n) is 4.95. The lowest BCUT2D eigenvalue weighted by atomic mass is 10.0. The predicted molar refractivity (Wildman–Crippen MR) is 55.1 cm³/mol. The van der Waals surface area contributed by atoms with Crippen molar-refractivity contribution in [1.82, 2.24) is 4.90 Å². The Kier molecular flexibility index (Phi) is 2.49. The molecule has 1 aromatic carbocycles. The Morgan fingerprint density at radius 3 is 2.53 bits per heavy atom. The molecule has 0 fully saturated rings. The fourth-order valence-electron chi connectivity index (χ4n) is 1.90. The summed E-state index contributed by atoms with van der Waals surface area (Å²) in [7, 11) is 0. The fraction of sp³-hybridized carbons (Fsp3) is 0.364. The highest BCUT2D eigenvalue weighted by Crippen LogP contribution is 2.20. The molecule has 1 aromatic rings. The maximum absolute atomic E-state index is 10.8. The van der Waals surface area contributed by atoms with Crippen molar-refractivity contribution in [3.63, 3.8) is 0 Å². The molecule has 1 aliphatic rings. The van der Waals surface area contributed by atoms with Gasteiger partial charge in [-0.15, -0.1) is 0 Å². The number of nitrogens with zero attached hydrogens (tertiary/aromatic N) is 1. The molecule has 0 spiro atoms. The van der Waals surface area contributed by atoms with Gasteiger partial charge in [-0.25, -0.2) is 4.79 Å². The number of hydrogen-bond donors (Lipinski definition) is 2. The molecule has 4 heteroatoms. The number of phenolic OH excluding ortho intramolecular Hbond substituents is 1. The molecule has 2 N–H and O–H groups in total. The molecule has 0 aromatic heterocycles. The molecule has 0 atom stereocenters. The highest BCUT2D eigenvalue weighted by atomic mass is 16.4. The normalized spacial score (nSPS) is 15.6. The van der Waals surface area contributed by atoms with Gasteiger partial charge in [-0.05, 0) is 36.1 Å². The van der Waals surface area contributed by atoms with Crippen LogP contribution in [0.15, 0.2) is 18.2 Å². The molecule has 80 valence electrons. The van der Waals surface area contributed by atoms with Gasteiger partial charge in [-0.1, -0.05) is 6.07 Å². The number of phenols is 1. The van der Waals surface area contributed by atoms with Crippen molar-refractivity contribution in [2.75, 3.05) is 13.1 Å². The highest BCUT2D eigenvalue weighted by molar-refractivity contribution is 5.65. The number of benzene rings is 1. The molecule has 1 heterocycles. The topological polar surface area (TPSA) is 60.8 Å². The first-order valence-corrected chi connectivity index (χ1v) is 4.95. The van der Waals surface area contributed by atoms with Crippen LogP contribution in [0.1, 0.15) is 11.1 Å². The molecule has 0 radical (unpaired) electrons. The second-order valence-electron chi connectivity index (χ2n) is 3.72. The first kappa shape index (κ1) is 9.83. The summed E-state index contributed by atoms with van der Waals surface area (Å²) >= 11 is 0. The Morgan fingerprint density at radius 1 is 1.20 bits per heavy atom. The van der Waals surface area contributed by atoms with E-state index in [-0.39, 0.29) is 5.75 Å². The lowest BCUT2D eigenvalue weighted by molar-refractivity contribution is 0.147. The predicted octanol–water partition coefficient (Wildman–Crippen LogP) is 1.47. The number of amides is 1. The Balaban J connectivity index is 2.21. The quantitative estimate of drug-likeness (QED) is 0.677. The van der Waals surface area contributed by atoms with Gasteiger partial charge in [0.2, 0.25) is 0 Å². The van der Waals surface area contributed by atoms with Crippen LogP contribution in [0.3, 0.4) is 0 Å². The van der Waals surface area contributed by atoms with Crippen molar-refractivity contribution < 1.29 is 15.0 Å². The monoisotopic (exact) mass is 207 g/mol. The van der Waals surface area contributed by atoms with Gasteiger partial charge < -0.3 is 15.1 Å². The van der Waals surface area contributed by atoms with Gasteiger partial charge in [0.25, 0.3) is 0 Å². The van der Waals surface area contributed by atoms with Crippen molar-refractivity contribution in [3.8, 4) is 5.75 Å². The Labute approximate surface area is 87.8 Å². The van der Waals surface area contributed by atoms with Gasteiger partial charge in [0, 0.05) is 13.1 Å². The van der Waals surface area contributed by atoms with Gasteiger partial charge in [0.05, 0.1) is 0 Å². The lowest BCUT2D eigenvalue weighted by Crippen LogP contribution is -2.31. The van der Waals surface area contributed by atoms with Crippen LogP contribution in [-0.4, -0.2) is 34.3 Å². The minimum absolute atomic E-state index is 0.248. The summed E-state index contributed by atoms with van der Waals surface area (Å²) in [5.41, 5.74) is 2.19. The summed E-state index contributed by atoms with van der Waals surface area (Å²) in [5.74, 6) is 0.248. The van der Waals surface area contributed by atoms with Crippen LogP contribution >= 0.6 is 0 Å². The minimum Gasteiger partial charge on any atom is -0.508 e. The van der Waals surface area contributed by atoms with Crippen LogP contribution < -0.4 is 0 Å². The van der Waals surface area contributed by atoms with Crippen molar-refractivity contribution >= 4 is 6.09 Å². The van der Waals surface area contributed by atoms with E-state index in [1.807, 2.05) is 6.07 Å². The standard InChI is InChI=1S/C11H13NO3/c13-10-2-1-8-3-5-12(11(14)15)6-4-9(8)7-10/h1-2,7,13H,3-6H2,(H,14,15). The van der Waals surface area contributed by atoms with Crippen molar-refractivity contribution in [2.45, 2.75) is 12.8 Å². The van der Waals surface area contributed by atoms with E-state index >= 15 is 0 Å². The second kappa shape index (κ2) is 3.81. The number of carboxylic acid groups (broad SMARTS) is 1. The van der Waals surface area contributed by atoms with Gasteiger partial charge >= 0.3 is 6.09 Å². The average molecular weight is 207 g/mol. The third-order valence-electron chi connectivity index (χ3n) is 2.76. The van der Waals surface area contributed by atoms with Gasteiger partial charge in [0.1, 0.15) is 5.75 Å². The number of aromatic hydroxyl groups is 1. The maximum atomic E-state index is 10.8. The lowest BCUT2D eigenvalue weighted by Gasteiger charge is -2.14. The van der Waals surface area contributed by atoms with Gasteiger partial charge in [-0.2, -0.15) is 0 Å². The summed E-state index contributed by atoms with van der Waals surface area (Å²) in [5, 5.41) is 18.2. The number of hydrogen-bond acceptors (Lipinski definition) is 2. The summed E-state index contributed by atoms with van der Waals surface area (Å²) < 4.78 is 0. The van der Waals surface area contributed by atoms with E-state index in [4.69, 9.17) is 5.11 Å². The highest BCUT2D eigenvalue weighted by Gasteiger charge is 2.17. The molecule has 0 saturated carbocycles. The summed E-state index contributed by atoms with van der Waals surface area (Å²) in [4.78, 5) is 12.2. The molecule has 2 rings (SSSR count). The largest absolute Gasteiger partial charge is 0.508 e. The molecule has 0 aliphatic carbocycles. The molecule has 15 heavy (non-hydrogen) atoms. The Bertz CT molecular complexity index is 389. The number of carbonyl (C=O) groups is 1. The third kappa shape index (κ3) is 2.03. The molecule has 1 amide bonds. The molecule has 0 unspecified atom stereocenters. The van der Waals surface area contributed by atoms with E-state index in [0.29, 0.717) is 19.5 Å². The van der Waals surface area contributed by atoms with Crippen molar-refractivity contribution in [3.05, 3.63) is 29.3 Å². The van der Waals surface area contributed by atoms with E-state index in [1.54, 1.807) is 12.1 Å². The minimum atomic E-state index is -0.868. The fourth-order valence-corrected chi connectivity index (χ4v) is 1.90. The number of fused-ring (bicyclic) bond motifs is 1. The number of rotatable bonds is 0. The third-order valence-corrected chi connectivity index (χ3v) is 2.76. The molecule has 4 nitrogen and oxygen atoms in total. The molecular formula is C11H13NO3. The van der Waals surface area contributed by atoms with E-state index in [2.05, 4.69) is 0 Å². The van der Waals surface area contributed by atoms with Crippen molar-refractivity contribution in [1.29, 1.82) is 0 Å². The van der Waals surface area contributed by atoms with Crippen molar-refractivity contribution in [2.24, 2.45) is 0 Å². The Morgan fingerprint density at radius 2 is 1.87 bits per heavy atom. The van der Waals surface area contributed by atoms with Gasteiger partial charge in [0.15, 0.2) is 0 Å². The zero-order valence-corrected chi connectivity index (χ0v) is 8.31. The SMILES string of the molecule is O=C(O)N1CCc2ccc(O)cc2CC1. The first-order chi connectivity index (χ1) is 7.16. The maximum Gasteiger partial charge on any atom is 0.407 e. The smallest absolute Gasteiger partial charge is 0.407 e. The zero-order chi connectivity index (χ0) is 10.8. The van der Waals surface area contributed by atoms with Crippen LogP contribution in [0.25, 0.3) is 0 Å². The van der Waals surface area contributed by atoms with Crippen LogP contribution in [0, 0.1) is 0 Å². The molecular weight excluding hydrogens is 194 g/mol. The average Bonchev–Trinajstić information content (AvgIpc) is 2.39. The summed E-state index contributed by atoms with van der Waals surface area (Å²) in [6.07, 6.45) is 0.532. The van der Waals surface area contributed by atoms with Crippen LogP contribution in [-0.2, 0) is 12.8 Å². The van der Waals surface area contributed by atoms with Crippen LogP contribution in [0.4, 0.5) is 4.79 Å². The summed E-state index contributed by atoms with van der Waals surface area (Å²) in [6, 6.07) is 5.24. The second-order valence-corrected chi connectivity index (χ2v) is 3.72. The van der Waals surface area contributed by atoms with Crippen LogP contribution in [0.2, 0.25) is 0 Å².